The van der Waals surface area contributed by atoms with Crippen LogP contribution in [0.25, 0.3) is 0 Å². The summed E-state index contributed by atoms with van der Waals surface area (Å²) in [5.41, 5.74) is -3.47. The van der Waals surface area contributed by atoms with E-state index < -0.39 is 39.9 Å². The topological polar surface area (TPSA) is 152 Å². The van der Waals surface area contributed by atoms with Crippen LogP contribution in [0, 0.1) is 0 Å². The third-order valence-electron chi connectivity index (χ3n) is 8.61. The van der Waals surface area contributed by atoms with Gasteiger partial charge in [0, 0.05) is 44.7 Å². The van der Waals surface area contributed by atoms with Gasteiger partial charge in [-0.2, -0.15) is 0 Å². The molecule has 0 aliphatic carbocycles. The largest absolute Gasteiger partial charge is 0.481 e. The SMILES string of the molecule is CC(C)(C)OC(=O)CN1CCN(CCC(C)(C)OC=O)CCC(CCCCCC(=O)O)(N(CCC(C)(C)OC=O)CC(=O)OC(C)(C)C)C1. The lowest BCUT2D eigenvalue weighted by Crippen LogP contribution is -2.62. The number of ether oxygens (including phenoxy) is 4. The van der Waals surface area contributed by atoms with Crippen molar-refractivity contribution in [2.75, 3.05) is 52.4 Å². The second-order valence-electron chi connectivity index (χ2n) is 16.5. The van der Waals surface area contributed by atoms with Crippen LogP contribution in [0.4, 0.5) is 0 Å². The van der Waals surface area contributed by atoms with Crippen LogP contribution in [0.1, 0.15) is 121 Å². The highest BCUT2D eigenvalue weighted by atomic mass is 16.6. The molecule has 49 heavy (non-hydrogen) atoms. The molecule has 0 aromatic carbocycles. The number of carboxylic acids is 1. The molecule has 0 radical (unpaired) electrons. The van der Waals surface area contributed by atoms with Crippen molar-refractivity contribution in [3.8, 4) is 0 Å². The van der Waals surface area contributed by atoms with Gasteiger partial charge in [0.1, 0.15) is 22.4 Å². The molecule has 1 fully saturated rings. The second kappa shape index (κ2) is 19.6. The van der Waals surface area contributed by atoms with E-state index >= 15 is 0 Å². The third-order valence-corrected chi connectivity index (χ3v) is 8.61. The van der Waals surface area contributed by atoms with Crippen molar-refractivity contribution in [3.63, 3.8) is 0 Å². The van der Waals surface area contributed by atoms with Crippen LogP contribution in [-0.2, 0) is 42.9 Å². The summed E-state index contributed by atoms with van der Waals surface area (Å²) >= 11 is 0. The molecule has 284 valence electrons. The van der Waals surface area contributed by atoms with Crippen LogP contribution in [0.2, 0.25) is 0 Å². The number of rotatable bonds is 21. The molecular weight excluding hydrogens is 634 g/mol. The first kappa shape index (κ1) is 44.3. The number of aliphatic carboxylic acids is 1. The number of hydrogen-bond donors (Lipinski definition) is 1. The molecule has 0 aromatic rings. The minimum Gasteiger partial charge on any atom is -0.481 e. The Morgan fingerprint density at radius 2 is 1.31 bits per heavy atom. The molecule has 1 aliphatic heterocycles. The van der Waals surface area contributed by atoms with E-state index in [1.54, 1.807) is 0 Å². The fourth-order valence-corrected chi connectivity index (χ4v) is 6.00. The van der Waals surface area contributed by atoms with Crippen molar-refractivity contribution >= 4 is 30.9 Å². The van der Waals surface area contributed by atoms with E-state index in [0.717, 1.165) is 0 Å². The Morgan fingerprint density at radius 1 is 0.755 bits per heavy atom. The Balaban J connectivity index is 3.67. The predicted octanol–water partition coefficient (Wildman–Crippen LogP) is 4.44. The average Bonchev–Trinajstić information content (AvgIpc) is 2.90. The van der Waals surface area contributed by atoms with E-state index in [4.69, 9.17) is 18.9 Å². The van der Waals surface area contributed by atoms with Gasteiger partial charge < -0.3 is 29.0 Å². The Hall–Kier alpha value is -2.77. The maximum atomic E-state index is 13.5. The molecule has 0 saturated carbocycles. The zero-order valence-electron chi connectivity index (χ0n) is 31.9. The fraction of sp³-hybridized carbons (Fsp3) is 0.861. The van der Waals surface area contributed by atoms with Gasteiger partial charge in [0.05, 0.1) is 13.1 Å². The van der Waals surface area contributed by atoms with Crippen LogP contribution in [-0.4, -0.2) is 131 Å². The molecule has 13 heteroatoms. The van der Waals surface area contributed by atoms with E-state index in [9.17, 15) is 29.1 Å². The van der Waals surface area contributed by atoms with Gasteiger partial charge in [-0.1, -0.05) is 12.8 Å². The zero-order valence-corrected chi connectivity index (χ0v) is 31.9. The summed E-state index contributed by atoms with van der Waals surface area (Å²) in [4.78, 5) is 66.9. The van der Waals surface area contributed by atoms with Crippen molar-refractivity contribution in [1.82, 2.24) is 14.7 Å². The number of hydrogen-bond acceptors (Lipinski definition) is 12. The van der Waals surface area contributed by atoms with Gasteiger partial charge in [-0.15, -0.1) is 0 Å². The van der Waals surface area contributed by atoms with Crippen molar-refractivity contribution < 1.29 is 48.0 Å². The number of unbranched alkanes of at least 4 members (excludes halogenated alkanes) is 2. The average molecular weight is 700 g/mol. The Kier molecular flexibility index (Phi) is 17.7. The summed E-state index contributed by atoms with van der Waals surface area (Å²) < 4.78 is 22.2. The lowest BCUT2D eigenvalue weighted by molar-refractivity contribution is -0.162. The Morgan fingerprint density at radius 3 is 1.86 bits per heavy atom. The minimum absolute atomic E-state index is 0.0238. The van der Waals surface area contributed by atoms with Crippen molar-refractivity contribution in [2.24, 2.45) is 0 Å². The van der Waals surface area contributed by atoms with Crippen molar-refractivity contribution in [3.05, 3.63) is 0 Å². The van der Waals surface area contributed by atoms with Gasteiger partial charge in [-0.05, 0) is 108 Å². The quantitative estimate of drug-likeness (QED) is 0.0779. The monoisotopic (exact) mass is 699 g/mol. The maximum absolute atomic E-state index is 13.5. The third kappa shape index (κ3) is 19.3. The first-order valence-corrected chi connectivity index (χ1v) is 17.6. The van der Waals surface area contributed by atoms with Gasteiger partial charge in [0.2, 0.25) is 0 Å². The fourth-order valence-electron chi connectivity index (χ4n) is 6.00. The predicted molar refractivity (Wildman–Crippen MR) is 186 cm³/mol. The smallest absolute Gasteiger partial charge is 0.320 e. The summed E-state index contributed by atoms with van der Waals surface area (Å²) in [6.07, 6.45) is 4.27. The molecular formula is C36H65N3O10. The van der Waals surface area contributed by atoms with Gasteiger partial charge in [0.25, 0.3) is 12.9 Å². The number of carboxylic acid groups (broad SMARTS) is 1. The second-order valence-corrected chi connectivity index (χ2v) is 16.5. The maximum Gasteiger partial charge on any atom is 0.320 e. The number of esters is 2. The summed E-state index contributed by atoms with van der Waals surface area (Å²) in [5, 5.41) is 9.24. The molecule has 1 atom stereocenters. The van der Waals surface area contributed by atoms with Crippen LogP contribution in [0.15, 0.2) is 0 Å². The minimum atomic E-state index is -0.842. The molecule has 1 saturated heterocycles. The number of carbonyl (C=O) groups excluding carboxylic acids is 4. The summed E-state index contributed by atoms with van der Waals surface area (Å²) in [7, 11) is 0. The highest BCUT2D eigenvalue weighted by molar-refractivity contribution is 5.73. The highest BCUT2D eigenvalue weighted by Crippen LogP contribution is 2.33. The summed E-state index contributed by atoms with van der Waals surface area (Å²) in [6.45, 7) is 22.6. The van der Waals surface area contributed by atoms with Crippen LogP contribution < -0.4 is 0 Å². The molecule has 0 aromatic heterocycles. The van der Waals surface area contributed by atoms with Crippen LogP contribution >= 0.6 is 0 Å². The Labute approximate surface area is 294 Å². The van der Waals surface area contributed by atoms with Crippen molar-refractivity contribution in [1.29, 1.82) is 0 Å². The first-order chi connectivity index (χ1) is 22.5. The molecule has 1 rings (SSSR count). The van der Waals surface area contributed by atoms with Gasteiger partial charge in [-0.3, -0.25) is 33.8 Å². The van der Waals surface area contributed by atoms with Gasteiger partial charge >= 0.3 is 17.9 Å². The zero-order chi connectivity index (χ0) is 37.5. The van der Waals surface area contributed by atoms with E-state index in [1.807, 2.05) is 69.2 Å². The molecule has 13 nitrogen and oxygen atoms in total. The molecule has 0 spiro atoms. The van der Waals surface area contributed by atoms with Gasteiger partial charge in [-0.25, -0.2) is 0 Å². The van der Waals surface area contributed by atoms with E-state index in [1.165, 1.54) is 0 Å². The first-order valence-electron chi connectivity index (χ1n) is 17.6. The van der Waals surface area contributed by atoms with Crippen molar-refractivity contribution in [2.45, 2.75) is 149 Å². The molecule has 1 N–H and O–H groups in total. The van der Waals surface area contributed by atoms with Crippen LogP contribution in [0.3, 0.4) is 0 Å². The van der Waals surface area contributed by atoms with Crippen LogP contribution in [0.5, 0.6) is 0 Å². The lowest BCUT2D eigenvalue weighted by atomic mass is 9.83. The standard InChI is InChI=1S/C36H65N3O10/c1-32(2,3)48-30(44)24-38-23-22-37(19-16-34(7,8)46-27-40)20-18-36(26-38,15-13-11-12-14-29(42)43)39(21-17-35(9,10)47-28-41)25-31(45)49-33(4,5)6/h27-28H,11-26H2,1-10H3,(H,42,43). The Bertz CT molecular complexity index is 1070. The molecule has 1 aliphatic rings. The molecule has 0 amide bonds. The normalized spacial score (nSPS) is 18.7. The number of nitrogens with zero attached hydrogens (tertiary/aromatic N) is 3. The van der Waals surface area contributed by atoms with E-state index in [0.29, 0.717) is 97.2 Å². The van der Waals surface area contributed by atoms with E-state index in [-0.39, 0.29) is 25.5 Å². The number of carbonyl (C=O) groups is 5. The molecule has 1 heterocycles. The van der Waals surface area contributed by atoms with Gasteiger partial charge in [0.15, 0.2) is 0 Å². The highest BCUT2D eigenvalue weighted by Gasteiger charge is 2.42. The summed E-state index contributed by atoms with van der Waals surface area (Å²) in [5.74, 6) is -1.59. The molecule has 0 bridgehead atoms. The van der Waals surface area contributed by atoms with E-state index in [2.05, 4.69) is 14.7 Å². The summed E-state index contributed by atoms with van der Waals surface area (Å²) in [6, 6.07) is 0. The lowest BCUT2D eigenvalue weighted by Gasteiger charge is -2.50. The molecule has 1 unspecified atom stereocenters.